The Bertz CT molecular complexity index is 146. The number of hydrogen-bond donors (Lipinski definition) is 1. The van der Waals surface area contributed by atoms with E-state index in [1.54, 1.807) is 0 Å². The highest BCUT2D eigenvalue weighted by molar-refractivity contribution is 5.15. The molecule has 3 atom stereocenters. The number of nitrogens with one attached hydrogen (secondary N) is 1. The lowest BCUT2D eigenvalue weighted by atomic mass is 9.90. The van der Waals surface area contributed by atoms with Crippen molar-refractivity contribution in [3.8, 4) is 0 Å². The van der Waals surface area contributed by atoms with E-state index < -0.39 is 0 Å². The number of piperidine rings is 1. The Morgan fingerprint density at radius 3 is 2.50 bits per heavy atom. The highest BCUT2D eigenvalue weighted by Gasteiger charge is 2.65. The van der Waals surface area contributed by atoms with Crippen molar-refractivity contribution in [3.63, 3.8) is 0 Å². The molecular weight excluding hydrogens is 122 g/mol. The molecule has 0 aromatic carbocycles. The minimum atomic E-state index is 0.708. The Kier molecular flexibility index (Phi) is 1.17. The van der Waals surface area contributed by atoms with Crippen LogP contribution in [-0.2, 0) is 0 Å². The van der Waals surface area contributed by atoms with E-state index >= 15 is 0 Å². The van der Waals surface area contributed by atoms with Crippen molar-refractivity contribution in [1.29, 1.82) is 0 Å². The van der Waals surface area contributed by atoms with Gasteiger partial charge in [0.1, 0.15) is 0 Å². The molecule has 0 bridgehead atoms. The summed E-state index contributed by atoms with van der Waals surface area (Å²) in [4.78, 5) is 0. The van der Waals surface area contributed by atoms with E-state index in [0.717, 1.165) is 17.8 Å². The molecular formula is C9H17N. The van der Waals surface area contributed by atoms with Crippen molar-refractivity contribution in [3.05, 3.63) is 0 Å². The Morgan fingerprint density at radius 2 is 2.20 bits per heavy atom. The highest BCUT2D eigenvalue weighted by Crippen LogP contribution is 2.64. The van der Waals surface area contributed by atoms with Crippen LogP contribution in [0.25, 0.3) is 0 Å². The van der Waals surface area contributed by atoms with Crippen molar-refractivity contribution in [2.24, 2.45) is 23.2 Å². The molecule has 1 N–H and O–H groups in total. The van der Waals surface area contributed by atoms with E-state index in [2.05, 4.69) is 26.1 Å². The molecule has 0 aromatic rings. The number of rotatable bonds is 1. The molecule has 2 aliphatic rings. The molecule has 1 saturated heterocycles. The van der Waals surface area contributed by atoms with Gasteiger partial charge >= 0.3 is 0 Å². The van der Waals surface area contributed by atoms with Gasteiger partial charge in [-0.3, -0.25) is 0 Å². The largest absolute Gasteiger partial charge is 0.316 e. The molecule has 0 radical (unpaired) electrons. The third-order valence-corrected chi connectivity index (χ3v) is 3.90. The van der Waals surface area contributed by atoms with Gasteiger partial charge in [-0.1, -0.05) is 20.8 Å². The van der Waals surface area contributed by atoms with Crippen LogP contribution in [0.15, 0.2) is 0 Å². The minimum Gasteiger partial charge on any atom is -0.316 e. The van der Waals surface area contributed by atoms with Gasteiger partial charge in [0.15, 0.2) is 0 Å². The van der Waals surface area contributed by atoms with Crippen LogP contribution in [-0.4, -0.2) is 13.1 Å². The van der Waals surface area contributed by atoms with E-state index in [0.29, 0.717) is 5.41 Å². The predicted molar refractivity (Wildman–Crippen MR) is 42.8 cm³/mol. The normalized spacial score (nSPS) is 51.6. The van der Waals surface area contributed by atoms with E-state index in [-0.39, 0.29) is 0 Å². The van der Waals surface area contributed by atoms with Gasteiger partial charge in [-0.15, -0.1) is 0 Å². The fraction of sp³-hybridized carbons (Fsp3) is 1.00. The van der Waals surface area contributed by atoms with Crippen LogP contribution in [0.4, 0.5) is 0 Å². The van der Waals surface area contributed by atoms with Gasteiger partial charge < -0.3 is 5.32 Å². The second-order valence-electron chi connectivity index (χ2n) is 4.29. The Morgan fingerprint density at radius 1 is 1.50 bits per heavy atom. The molecule has 58 valence electrons. The molecule has 1 aliphatic heterocycles. The van der Waals surface area contributed by atoms with Crippen LogP contribution < -0.4 is 5.32 Å². The molecule has 3 unspecified atom stereocenters. The van der Waals surface area contributed by atoms with Crippen LogP contribution in [0.2, 0.25) is 0 Å². The molecule has 0 aromatic heterocycles. The Hall–Kier alpha value is -0.0400. The van der Waals surface area contributed by atoms with E-state index in [4.69, 9.17) is 0 Å². The molecule has 0 amide bonds. The third kappa shape index (κ3) is 0.531. The van der Waals surface area contributed by atoms with Gasteiger partial charge in [0.25, 0.3) is 0 Å². The molecule has 2 rings (SSSR count). The van der Waals surface area contributed by atoms with E-state index in [1.165, 1.54) is 13.1 Å². The first-order chi connectivity index (χ1) is 4.69. The van der Waals surface area contributed by atoms with Crippen molar-refractivity contribution in [2.75, 3.05) is 13.1 Å². The average Bonchev–Trinajstić information content (AvgIpc) is 2.36. The molecule has 1 saturated carbocycles. The van der Waals surface area contributed by atoms with Crippen molar-refractivity contribution >= 4 is 0 Å². The first-order valence-corrected chi connectivity index (χ1v) is 4.40. The molecule has 0 spiro atoms. The first-order valence-electron chi connectivity index (χ1n) is 4.40. The minimum absolute atomic E-state index is 0.708. The average molecular weight is 139 g/mol. The Balaban J connectivity index is 2.16. The summed E-state index contributed by atoms with van der Waals surface area (Å²) in [6.07, 6.45) is 0. The van der Waals surface area contributed by atoms with E-state index in [1.807, 2.05) is 0 Å². The van der Waals surface area contributed by atoms with Gasteiger partial charge in [0, 0.05) is 6.54 Å². The van der Waals surface area contributed by atoms with Crippen LogP contribution >= 0.6 is 0 Å². The molecule has 1 heterocycles. The molecule has 10 heavy (non-hydrogen) atoms. The van der Waals surface area contributed by atoms with Crippen molar-refractivity contribution in [2.45, 2.75) is 20.8 Å². The quantitative estimate of drug-likeness (QED) is 0.580. The lowest BCUT2D eigenvalue weighted by Gasteiger charge is -2.17. The van der Waals surface area contributed by atoms with Gasteiger partial charge in [-0.2, -0.15) is 0 Å². The van der Waals surface area contributed by atoms with Crippen molar-refractivity contribution < 1.29 is 0 Å². The summed E-state index contributed by atoms with van der Waals surface area (Å²) in [5.41, 5.74) is 0.708. The number of fused-ring (bicyclic) bond motifs is 1. The summed E-state index contributed by atoms with van der Waals surface area (Å²) in [7, 11) is 0. The zero-order chi connectivity index (χ0) is 7.35. The molecule has 1 aliphatic carbocycles. The summed E-state index contributed by atoms with van der Waals surface area (Å²) in [6, 6.07) is 0. The highest BCUT2D eigenvalue weighted by atomic mass is 15.0. The molecule has 2 fully saturated rings. The fourth-order valence-corrected chi connectivity index (χ4v) is 3.02. The zero-order valence-electron chi connectivity index (χ0n) is 7.15. The van der Waals surface area contributed by atoms with Crippen molar-refractivity contribution in [1.82, 2.24) is 5.32 Å². The monoisotopic (exact) mass is 139 g/mol. The van der Waals surface area contributed by atoms with Crippen LogP contribution in [0.3, 0.4) is 0 Å². The number of hydrogen-bond acceptors (Lipinski definition) is 1. The van der Waals surface area contributed by atoms with Crippen LogP contribution in [0.5, 0.6) is 0 Å². The summed E-state index contributed by atoms with van der Waals surface area (Å²) in [5.74, 6) is 2.88. The van der Waals surface area contributed by atoms with Gasteiger partial charge in [-0.25, -0.2) is 0 Å². The maximum absolute atomic E-state index is 3.47. The summed E-state index contributed by atoms with van der Waals surface area (Å²) < 4.78 is 0. The lowest BCUT2D eigenvalue weighted by Crippen LogP contribution is -2.23. The topological polar surface area (TPSA) is 12.0 Å². The van der Waals surface area contributed by atoms with Crippen LogP contribution in [0, 0.1) is 23.2 Å². The first kappa shape index (κ1) is 6.66. The summed E-state index contributed by atoms with van der Waals surface area (Å²) >= 11 is 0. The standard InChI is InChI=1S/C9H17N/c1-6(2)9-5-10-4-8(9)7(9)3/h6-8,10H,4-5H2,1-3H3. The maximum atomic E-state index is 3.47. The SMILES string of the molecule is CC(C)C12CNCC1C2C. The van der Waals surface area contributed by atoms with Gasteiger partial charge in [0.2, 0.25) is 0 Å². The van der Waals surface area contributed by atoms with Gasteiger partial charge in [0.05, 0.1) is 0 Å². The zero-order valence-corrected chi connectivity index (χ0v) is 7.15. The smallest absolute Gasteiger partial charge is 0.00163 e. The maximum Gasteiger partial charge on any atom is 0.00163 e. The third-order valence-electron chi connectivity index (χ3n) is 3.90. The predicted octanol–water partition coefficient (Wildman–Crippen LogP) is 1.50. The fourth-order valence-electron chi connectivity index (χ4n) is 3.02. The van der Waals surface area contributed by atoms with Gasteiger partial charge in [-0.05, 0) is 29.7 Å². The van der Waals surface area contributed by atoms with Crippen LogP contribution in [0.1, 0.15) is 20.8 Å². The summed E-state index contributed by atoms with van der Waals surface area (Å²) in [6.45, 7) is 9.69. The second kappa shape index (κ2) is 1.76. The van der Waals surface area contributed by atoms with E-state index in [9.17, 15) is 0 Å². The summed E-state index contributed by atoms with van der Waals surface area (Å²) in [5, 5.41) is 3.47. The molecule has 1 nitrogen and oxygen atoms in total. The Labute approximate surface area is 63.2 Å². The lowest BCUT2D eigenvalue weighted by molar-refractivity contribution is 0.336. The molecule has 1 heteroatoms. The second-order valence-corrected chi connectivity index (χ2v) is 4.29.